The summed E-state index contributed by atoms with van der Waals surface area (Å²) < 4.78 is 29.9. The highest BCUT2D eigenvalue weighted by Crippen LogP contribution is 2.45. The van der Waals surface area contributed by atoms with Crippen LogP contribution in [0, 0.1) is 5.82 Å². The van der Waals surface area contributed by atoms with Crippen molar-refractivity contribution in [3.63, 3.8) is 0 Å². The molecule has 8 rings (SSSR count). The number of anilines is 1. The van der Waals surface area contributed by atoms with Gasteiger partial charge in [-0.3, -0.25) is 9.80 Å². The Balaban J connectivity index is 1.05. The summed E-state index contributed by atoms with van der Waals surface area (Å²) in [5.41, 5.74) is 0.0196. The maximum atomic E-state index is 15.7. The van der Waals surface area contributed by atoms with Gasteiger partial charge in [0.1, 0.15) is 17.9 Å². The zero-order valence-electron chi connectivity index (χ0n) is 30.1. The van der Waals surface area contributed by atoms with Crippen LogP contribution in [-0.2, 0) is 4.43 Å². The first-order valence-corrected chi connectivity index (χ1v) is 21.3. The smallest absolute Gasteiger partial charge is 0.407 e. The number of rotatable bonds is 9. The molecule has 4 atom stereocenters. The van der Waals surface area contributed by atoms with E-state index < -0.39 is 20.2 Å². The van der Waals surface area contributed by atoms with Gasteiger partial charge < -0.3 is 19.2 Å². The van der Waals surface area contributed by atoms with Crippen LogP contribution in [0.2, 0.25) is 5.04 Å². The summed E-state index contributed by atoms with van der Waals surface area (Å²) in [6.45, 7) is 9.96. The fourth-order valence-corrected chi connectivity index (χ4v) is 14.7. The fraction of sp³-hybridized carbons (Fsp3) is 0.475. The molecule has 4 aliphatic heterocycles. The average Bonchev–Trinajstić information content (AvgIpc) is 3.79. The summed E-state index contributed by atoms with van der Waals surface area (Å²) in [5.74, 6) is 0.136. The number of nitrogens with zero attached hydrogens (tertiary/aromatic N) is 5. The quantitative estimate of drug-likeness (QED) is 0.185. The van der Waals surface area contributed by atoms with Gasteiger partial charge in [0, 0.05) is 24.5 Å². The number of halogens is 2. The molecular formula is C40H47BrFN5O4Si. The molecule has 0 saturated carbocycles. The number of amides is 1. The molecule has 4 aliphatic rings. The summed E-state index contributed by atoms with van der Waals surface area (Å²) >= 11 is 3.34. The second-order valence-corrected chi connectivity index (χ2v) is 21.2. The third kappa shape index (κ3) is 5.99. The van der Waals surface area contributed by atoms with Crippen molar-refractivity contribution >= 4 is 57.4 Å². The van der Waals surface area contributed by atoms with Crippen LogP contribution in [0.4, 0.5) is 15.0 Å². The molecule has 1 aromatic heterocycles. The maximum absolute atomic E-state index is 15.7. The van der Waals surface area contributed by atoms with Crippen molar-refractivity contribution in [2.75, 3.05) is 37.7 Å². The molecule has 4 aromatic rings. The summed E-state index contributed by atoms with van der Waals surface area (Å²) in [6, 6.07) is 25.3. The van der Waals surface area contributed by atoms with E-state index in [-0.39, 0.29) is 40.2 Å². The molecule has 2 unspecified atom stereocenters. The van der Waals surface area contributed by atoms with Crippen LogP contribution in [0.5, 0.6) is 6.01 Å². The molecule has 9 nitrogen and oxygen atoms in total. The standard InChI is InChI=1S/C40H47BrFN5O4Si/c1-39(2,3)52(30-11-6-4-7-12-30,31-13-8-5-9-14-31)51-25-29-19-21-40(20-10-22-46(29)40)26-50-37-43-35-32(17-18-33(41)34(35)42)36(44-37)45-23-27-15-16-28(24-45)47(27)38(48)49/h4-9,11-14,17-18,27-29H,10,15-16,19-26H2,1-3H3,(H,48,49)/t27?,28?,29-,40+/m0/s1. The molecule has 0 radical (unpaired) electrons. The van der Waals surface area contributed by atoms with Crippen molar-refractivity contribution in [1.29, 1.82) is 0 Å². The number of fused-ring (bicyclic) bond motifs is 4. The van der Waals surface area contributed by atoms with Crippen LogP contribution in [0.3, 0.4) is 0 Å². The van der Waals surface area contributed by atoms with Gasteiger partial charge in [0.05, 0.1) is 28.7 Å². The monoisotopic (exact) mass is 787 g/mol. The Labute approximate surface area is 314 Å². The van der Waals surface area contributed by atoms with Crippen LogP contribution in [0.25, 0.3) is 10.9 Å². The minimum Gasteiger partial charge on any atom is -0.465 e. The van der Waals surface area contributed by atoms with E-state index in [1.807, 2.05) is 6.07 Å². The van der Waals surface area contributed by atoms with Gasteiger partial charge in [-0.05, 0) is 88.5 Å². The second-order valence-electron chi connectivity index (χ2n) is 16.0. The lowest BCUT2D eigenvalue weighted by atomic mass is 9.95. The van der Waals surface area contributed by atoms with E-state index in [1.54, 1.807) is 11.0 Å². The molecule has 12 heteroatoms. The molecule has 4 fully saturated rings. The summed E-state index contributed by atoms with van der Waals surface area (Å²) in [6.07, 6.45) is 4.78. The van der Waals surface area contributed by atoms with E-state index in [2.05, 4.69) is 112 Å². The summed E-state index contributed by atoms with van der Waals surface area (Å²) in [7, 11) is -2.69. The Hall–Kier alpha value is -3.58. The molecular weight excluding hydrogens is 741 g/mol. The summed E-state index contributed by atoms with van der Waals surface area (Å²) in [5, 5.41) is 12.9. The van der Waals surface area contributed by atoms with Crippen molar-refractivity contribution in [3.8, 4) is 6.01 Å². The van der Waals surface area contributed by atoms with Crippen LogP contribution in [-0.4, -0.2) is 95.8 Å². The van der Waals surface area contributed by atoms with Crippen LogP contribution >= 0.6 is 15.9 Å². The Morgan fingerprint density at radius 1 is 0.962 bits per heavy atom. The largest absolute Gasteiger partial charge is 0.465 e. The number of carboxylic acid groups (broad SMARTS) is 1. The highest BCUT2D eigenvalue weighted by atomic mass is 79.9. The van der Waals surface area contributed by atoms with E-state index in [1.165, 1.54) is 10.4 Å². The molecule has 274 valence electrons. The van der Waals surface area contributed by atoms with E-state index >= 15 is 4.39 Å². The number of hydrogen-bond donors (Lipinski definition) is 1. The van der Waals surface area contributed by atoms with Gasteiger partial charge in [0.2, 0.25) is 0 Å². The van der Waals surface area contributed by atoms with Gasteiger partial charge in [-0.15, -0.1) is 0 Å². The SMILES string of the molecule is CC(C)(C)[Si](OC[C@@H]1CC[C@@]2(COc3nc(N4CC5CCC(C4)N5C(=O)O)c4ccc(Br)c(F)c4n3)CCCN12)(c1ccccc1)c1ccccc1. The zero-order chi connectivity index (χ0) is 36.3. The molecule has 1 N–H and O–H groups in total. The van der Waals surface area contributed by atoms with Crippen molar-refractivity contribution in [2.45, 2.75) is 88.0 Å². The number of benzene rings is 3. The molecule has 2 bridgehead atoms. The molecule has 52 heavy (non-hydrogen) atoms. The minimum absolute atomic E-state index is 0.102. The second kappa shape index (κ2) is 13.7. The van der Waals surface area contributed by atoms with Crippen LogP contribution in [0.15, 0.2) is 77.3 Å². The number of ether oxygens (including phenoxy) is 1. The van der Waals surface area contributed by atoms with Crippen LogP contribution in [0.1, 0.15) is 59.3 Å². The predicted octanol–water partition coefficient (Wildman–Crippen LogP) is 6.81. The number of aromatic nitrogens is 2. The lowest BCUT2D eigenvalue weighted by Crippen LogP contribution is -2.67. The van der Waals surface area contributed by atoms with E-state index in [0.717, 1.165) is 45.1 Å². The van der Waals surface area contributed by atoms with E-state index in [9.17, 15) is 9.90 Å². The van der Waals surface area contributed by atoms with Crippen molar-refractivity contribution in [1.82, 2.24) is 19.8 Å². The van der Waals surface area contributed by atoms with Gasteiger partial charge in [0.25, 0.3) is 8.32 Å². The molecule has 0 spiro atoms. The molecule has 0 aliphatic carbocycles. The van der Waals surface area contributed by atoms with Crippen molar-refractivity contribution in [3.05, 3.63) is 83.1 Å². The average molecular weight is 789 g/mol. The predicted molar refractivity (Wildman–Crippen MR) is 207 cm³/mol. The highest BCUT2D eigenvalue weighted by molar-refractivity contribution is 9.10. The molecule has 5 heterocycles. The minimum atomic E-state index is -2.69. The Morgan fingerprint density at radius 3 is 2.23 bits per heavy atom. The lowest BCUT2D eigenvalue weighted by Gasteiger charge is -2.44. The van der Waals surface area contributed by atoms with Crippen molar-refractivity contribution in [2.24, 2.45) is 0 Å². The van der Waals surface area contributed by atoms with Crippen molar-refractivity contribution < 1.29 is 23.5 Å². The Bertz CT molecular complexity index is 1900. The molecule has 4 saturated heterocycles. The van der Waals surface area contributed by atoms with Gasteiger partial charge in [-0.2, -0.15) is 9.97 Å². The summed E-state index contributed by atoms with van der Waals surface area (Å²) in [4.78, 5) is 27.8. The first kappa shape index (κ1) is 35.4. The highest BCUT2D eigenvalue weighted by Gasteiger charge is 2.54. The van der Waals surface area contributed by atoms with E-state index in [0.29, 0.717) is 42.0 Å². The first-order valence-electron chi connectivity index (χ1n) is 18.6. The maximum Gasteiger partial charge on any atom is 0.407 e. The normalized spacial score (nSPS) is 24.8. The van der Waals surface area contributed by atoms with Gasteiger partial charge in [-0.25, -0.2) is 9.18 Å². The third-order valence-electron chi connectivity index (χ3n) is 12.1. The Kier molecular flexibility index (Phi) is 9.33. The third-order valence-corrected chi connectivity index (χ3v) is 17.8. The lowest BCUT2D eigenvalue weighted by molar-refractivity contribution is 0.0670. The van der Waals surface area contributed by atoms with Gasteiger partial charge in [-0.1, -0.05) is 81.4 Å². The first-order chi connectivity index (χ1) is 25.0. The zero-order valence-corrected chi connectivity index (χ0v) is 32.7. The molecule has 3 aromatic carbocycles. The van der Waals surface area contributed by atoms with Gasteiger partial charge in [0.15, 0.2) is 5.82 Å². The molecule has 1 amide bonds. The number of carbonyl (C=O) groups is 1. The van der Waals surface area contributed by atoms with Crippen LogP contribution < -0.4 is 20.0 Å². The number of hydrogen-bond acceptors (Lipinski definition) is 7. The van der Waals surface area contributed by atoms with Gasteiger partial charge >= 0.3 is 12.1 Å². The topological polar surface area (TPSA) is 91.3 Å². The Morgan fingerprint density at radius 2 is 1.62 bits per heavy atom. The fourth-order valence-electron chi connectivity index (χ4n) is 9.77. The van der Waals surface area contributed by atoms with E-state index in [4.69, 9.17) is 14.1 Å². The number of piperazine rings is 1.